The maximum absolute atomic E-state index is 4.30. The predicted molar refractivity (Wildman–Crippen MR) is 75.4 cm³/mol. The molecule has 1 aromatic carbocycles. The maximum Gasteiger partial charge on any atom is 0.0571 e. The van der Waals surface area contributed by atoms with Crippen LogP contribution in [0.2, 0.25) is 0 Å². The molecule has 0 aliphatic rings. The lowest BCUT2D eigenvalue weighted by Crippen LogP contribution is -2.21. The van der Waals surface area contributed by atoms with Crippen LogP contribution < -0.4 is 5.32 Å². The molecule has 96 valence electrons. The standard InChI is InChI=1S/C15H21N3/c1-11(2)16-9-13-6-5-7-14(8-13)15-10-17-18(4)12(15)3/h5-8,10-11,16H,9H2,1-4H3. The number of aromatic nitrogens is 2. The van der Waals surface area contributed by atoms with Gasteiger partial charge < -0.3 is 5.32 Å². The molecule has 1 N–H and O–H groups in total. The van der Waals surface area contributed by atoms with Crippen molar-refractivity contribution >= 4 is 0 Å². The fourth-order valence-electron chi connectivity index (χ4n) is 1.95. The molecule has 0 radical (unpaired) electrons. The van der Waals surface area contributed by atoms with Gasteiger partial charge >= 0.3 is 0 Å². The van der Waals surface area contributed by atoms with Gasteiger partial charge in [-0.05, 0) is 24.1 Å². The van der Waals surface area contributed by atoms with E-state index in [2.05, 4.69) is 55.5 Å². The molecule has 1 aromatic heterocycles. The number of hydrogen-bond donors (Lipinski definition) is 1. The third-order valence-corrected chi connectivity index (χ3v) is 3.19. The molecule has 0 saturated carbocycles. The number of hydrogen-bond acceptors (Lipinski definition) is 2. The summed E-state index contributed by atoms with van der Waals surface area (Å²) in [6, 6.07) is 9.15. The van der Waals surface area contributed by atoms with Crippen molar-refractivity contribution in [1.29, 1.82) is 0 Å². The molecule has 0 amide bonds. The highest BCUT2D eigenvalue weighted by Gasteiger charge is 2.06. The second-order valence-corrected chi connectivity index (χ2v) is 5.00. The van der Waals surface area contributed by atoms with Gasteiger partial charge in [0.2, 0.25) is 0 Å². The molecule has 3 nitrogen and oxygen atoms in total. The average molecular weight is 243 g/mol. The summed E-state index contributed by atoms with van der Waals surface area (Å²) in [5.41, 5.74) is 4.96. The number of nitrogens with one attached hydrogen (secondary N) is 1. The smallest absolute Gasteiger partial charge is 0.0571 e. The number of benzene rings is 1. The molecule has 0 saturated heterocycles. The summed E-state index contributed by atoms with van der Waals surface area (Å²) >= 11 is 0. The Hall–Kier alpha value is -1.61. The minimum absolute atomic E-state index is 0.508. The van der Waals surface area contributed by atoms with Crippen LogP contribution in [0, 0.1) is 6.92 Å². The highest BCUT2D eigenvalue weighted by atomic mass is 15.3. The molecule has 0 spiro atoms. The highest BCUT2D eigenvalue weighted by Crippen LogP contribution is 2.23. The molecule has 18 heavy (non-hydrogen) atoms. The zero-order chi connectivity index (χ0) is 13.1. The molecule has 0 fully saturated rings. The molecule has 1 heterocycles. The van der Waals surface area contributed by atoms with Crippen molar-refractivity contribution < 1.29 is 0 Å². The predicted octanol–water partition coefficient (Wildman–Crippen LogP) is 2.89. The maximum atomic E-state index is 4.30. The van der Waals surface area contributed by atoms with Crippen molar-refractivity contribution in [3.05, 3.63) is 41.7 Å². The van der Waals surface area contributed by atoms with Crippen LogP contribution >= 0.6 is 0 Å². The van der Waals surface area contributed by atoms with Gasteiger partial charge in [0, 0.05) is 30.9 Å². The monoisotopic (exact) mass is 243 g/mol. The van der Waals surface area contributed by atoms with Crippen LogP contribution in [-0.4, -0.2) is 15.8 Å². The van der Waals surface area contributed by atoms with Crippen LogP contribution in [0.15, 0.2) is 30.5 Å². The summed E-state index contributed by atoms with van der Waals surface area (Å²) in [6.07, 6.45) is 1.93. The van der Waals surface area contributed by atoms with Crippen LogP contribution in [0.4, 0.5) is 0 Å². The first-order valence-corrected chi connectivity index (χ1v) is 6.39. The minimum Gasteiger partial charge on any atom is -0.310 e. The van der Waals surface area contributed by atoms with Crippen molar-refractivity contribution in [1.82, 2.24) is 15.1 Å². The van der Waals surface area contributed by atoms with Crippen LogP contribution in [0.25, 0.3) is 11.1 Å². The van der Waals surface area contributed by atoms with E-state index in [-0.39, 0.29) is 0 Å². The van der Waals surface area contributed by atoms with Crippen molar-refractivity contribution in [2.45, 2.75) is 33.4 Å². The Kier molecular flexibility index (Phi) is 3.82. The van der Waals surface area contributed by atoms with E-state index in [0.29, 0.717) is 6.04 Å². The highest BCUT2D eigenvalue weighted by molar-refractivity contribution is 5.65. The summed E-state index contributed by atoms with van der Waals surface area (Å²) in [6.45, 7) is 7.33. The van der Waals surface area contributed by atoms with Gasteiger partial charge in [0.05, 0.1) is 6.20 Å². The van der Waals surface area contributed by atoms with Crippen molar-refractivity contribution in [3.63, 3.8) is 0 Å². The van der Waals surface area contributed by atoms with E-state index in [4.69, 9.17) is 0 Å². The Bertz CT molecular complexity index is 526. The third kappa shape index (κ3) is 2.79. The van der Waals surface area contributed by atoms with E-state index in [0.717, 1.165) is 6.54 Å². The van der Waals surface area contributed by atoms with Gasteiger partial charge in [-0.1, -0.05) is 32.0 Å². The molecular weight excluding hydrogens is 222 g/mol. The Balaban J connectivity index is 2.24. The van der Waals surface area contributed by atoms with Gasteiger partial charge in [0.1, 0.15) is 0 Å². The number of nitrogens with zero attached hydrogens (tertiary/aromatic N) is 2. The number of aryl methyl sites for hydroxylation is 1. The van der Waals surface area contributed by atoms with Crippen LogP contribution in [0.5, 0.6) is 0 Å². The summed E-state index contributed by atoms with van der Waals surface area (Å²) in [5, 5.41) is 7.74. The van der Waals surface area contributed by atoms with E-state index >= 15 is 0 Å². The van der Waals surface area contributed by atoms with Gasteiger partial charge in [0.25, 0.3) is 0 Å². The van der Waals surface area contributed by atoms with Gasteiger partial charge in [-0.3, -0.25) is 4.68 Å². The lowest BCUT2D eigenvalue weighted by Gasteiger charge is -2.09. The molecule has 0 aliphatic heterocycles. The first-order valence-electron chi connectivity index (χ1n) is 6.39. The minimum atomic E-state index is 0.508. The summed E-state index contributed by atoms with van der Waals surface area (Å²) < 4.78 is 1.91. The Morgan fingerprint density at radius 1 is 1.33 bits per heavy atom. The zero-order valence-electron chi connectivity index (χ0n) is 11.6. The van der Waals surface area contributed by atoms with Gasteiger partial charge in [-0.15, -0.1) is 0 Å². The molecule has 3 heteroatoms. The lowest BCUT2D eigenvalue weighted by atomic mass is 10.0. The molecule has 0 atom stereocenters. The Morgan fingerprint density at radius 3 is 2.72 bits per heavy atom. The largest absolute Gasteiger partial charge is 0.310 e. The van der Waals surface area contributed by atoms with Crippen LogP contribution in [0.1, 0.15) is 25.1 Å². The van der Waals surface area contributed by atoms with E-state index < -0.39 is 0 Å². The first-order chi connectivity index (χ1) is 8.58. The zero-order valence-corrected chi connectivity index (χ0v) is 11.6. The van der Waals surface area contributed by atoms with E-state index in [1.54, 1.807) is 0 Å². The molecule has 0 unspecified atom stereocenters. The van der Waals surface area contributed by atoms with E-state index in [1.807, 2.05) is 17.9 Å². The SMILES string of the molecule is Cc1c(-c2cccc(CNC(C)C)c2)cnn1C. The second kappa shape index (κ2) is 5.36. The van der Waals surface area contributed by atoms with E-state index in [1.165, 1.54) is 22.4 Å². The normalized spacial score (nSPS) is 11.2. The van der Waals surface area contributed by atoms with Crippen LogP contribution in [-0.2, 0) is 13.6 Å². The average Bonchev–Trinajstić information content (AvgIpc) is 2.68. The molecule has 0 bridgehead atoms. The van der Waals surface area contributed by atoms with Gasteiger partial charge in [-0.2, -0.15) is 5.10 Å². The Morgan fingerprint density at radius 2 is 2.11 bits per heavy atom. The first kappa shape index (κ1) is 12.8. The molecular formula is C15H21N3. The number of rotatable bonds is 4. The third-order valence-electron chi connectivity index (χ3n) is 3.19. The quantitative estimate of drug-likeness (QED) is 0.895. The second-order valence-electron chi connectivity index (χ2n) is 5.00. The van der Waals surface area contributed by atoms with Crippen molar-refractivity contribution in [2.75, 3.05) is 0 Å². The topological polar surface area (TPSA) is 29.9 Å². The van der Waals surface area contributed by atoms with E-state index in [9.17, 15) is 0 Å². The fraction of sp³-hybridized carbons (Fsp3) is 0.400. The van der Waals surface area contributed by atoms with Crippen LogP contribution in [0.3, 0.4) is 0 Å². The summed E-state index contributed by atoms with van der Waals surface area (Å²) in [7, 11) is 1.98. The lowest BCUT2D eigenvalue weighted by molar-refractivity contribution is 0.589. The molecule has 0 aliphatic carbocycles. The van der Waals surface area contributed by atoms with Gasteiger partial charge in [-0.25, -0.2) is 0 Å². The molecule has 2 aromatic rings. The van der Waals surface area contributed by atoms with Crippen molar-refractivity contribution in [2.24, 2.45) is 7.05 Å². The van der Waals surface area contributed by atoms with Crippen molar-refractivity contribution in [3.8, 4) is 11.1 Å². The molecule has 2 rings (SSSR count). The summed E-state index contributed by atoms with van der Waals surface area (Å²) in [5.74, 6) is 0. The summed E-state index contributed by atoms with van der Waals surface area (Å²) in [4.78, 5) is 0. The Labute approximate surface area is 109 Å². The van der Waals surface area contributed by atoms with Gasteiger partial charge in [0.15, 0.2) is 0 Å². The fourth-order valence-corrected chi connectivity index (χ4v) is 1.95.